The molecule has 204 valence electrons. The van der Waals surface area contributed by atoms with Crippen molar-refractivity contribution in [3.8, 4) is 22.4 Å². The van der Waals surface area contributed by atoms with E-state index in [0.717, 1.165) is 57.3 Å². The van der Waals surface area contributed by atoms with Crippen LogP contribution in [-0.4, -0.2) is 15.0 Å². The Morgan fingerprint density at radius 1 is 0.524 bits per heavy atom. The average molecular weight is 546 g/mol. The van der Waals surface area contributed by atoms with Gasteiger partial charge in [0.1, 0.15) is 0 Å². The lowest BCUT2D eigenvalue weighted by molar-refractivity contribution is 0.731. The van der Waals surface area contributed by atoms with E-state index in [9.17, 15) is 0 Å². The lowest BCUT2D eigenvalue weighted by Gasteiger charge is -2.25. The molecule has 7 rings (SSSR count). The fraction of sp³-hybridized carbons (Fsp3) is 0.108. The number of rotatable bonds is 4. The molecule has 1 aliphatic heterocycles. The Hall–Kier alpha value is -5.29. The zero-order chi connectivity index (χ0) is 28.1. The molecule has 4 bridgehead atoms. The first-order chi connectivity index (χ1) is 20.8. The van der Waals surface area contributed by atoms with Crippen LogP contribution in [0.25, 0.3) is 22.4 Å². The highest BCUT2D eigenvalue weighted by molar-refractivity contribution is 5.80. The molecular formula is C37H31N5. The molecule has 1 aliphatic rings. The topological polar surface area (TPSA) is 62.7 Å². The molecule has 2 atom stereocenters. The first kappa shape index (κ1) is 25.7. The van der Waals surface area contributed by atoms with Gasteiger partial charge in [-0.15, -0.1) is 0 Å². The Morgan fingerprint density at radius 2 is 1.14 bits per heavy atom. The summed E-state index contributed by atoms with van der Waals surface area (Å²) in [5.41, 5.74) is 10.6. The van der Waals surface area contributed by atoms with Gasteiger partial charge in [-0.25, -0.2) is 0 Å². The van der Waals surface area contributed by atoms with Crippen LogP contribution in [0.3, 0.4) is 0 Å². The highest BCUT2D eigenvalue weighted by Crippen LogP contribution is 2.37. The predicted octanol–water partition coefficient (Wildman–Crippen LogP) is 8.31. The van der Waals surface area contributed by atoms with E-state index >= 15 is 0 Å². The fourth-order valence-electron chi connectivity index (χ4n) is 5.72. The SMILES string of the molecule is c1ccc(CC2Nc3ccccc3-c3cccc(n3)C(Cc3ccccn3)Nc3ccccc3-c3cccc2c3)nc1. The summed E-state index contributed by atoms with van der Waals surface area (Å²) in [5.74, 6) is 0. The van der Waals surface area contributed by atoms with Crippen LogP contribution in [0.4, 0.5) is 11.4 Å². The van der Waals surface area contributed by atoms with Crippen molar-refractivity contribution in [2.45, 2.75) is 24.9 Å². The molecule has 3 aromatic carbocycles. The quantitative estimate of drug-likeness (QED) is 0.233. The molecule has 3 aromatic heterocycles. The van der Waals surface area contributed by atoms with Crippen LogP contribution in [0.15, 0.2) is 140 Å². The predicted molar refractivity (Wildman–Crippen MR) is 170 cm³/mol. The van der Waals surface area contributed by atoms with Crippen LogP contribution in [-0.2, 0) is 12.8 Å². The van der Waals surface area contributed by atoms with Crippen molar-refractivity contribution in [1.82, 2.24) is 15.0 Å². The Morgan fingerprint density at radius 3 is 1.88 bits per heavy atom. The average Bonchev–Trinajstić information content (AvgIpc) is 3.05. The maximum absolute atomic E-state index is 5.25. The molecule has 2 N–H and O–H groups in total. The largest absolute Gasteiger partial charge is 0.377 e. The van der Waals surface area contributed by atoms with Crippen molar-refractivity contribution in [2.75, 3.05) is 10.6 Å². The summed E-state index contributed by atoms with van der Waals surface area (Å²) in [7, 11) is 0. The highest BCUT2D eigenvalue weighted by atomic mass is 15.0. The van der Waals surface area contributed by atoms with Crippen molar-refractivity contribution in [1.29, 1.82) is 0 Å². The number of para-hydroxylation sites is 2. The van der Waals surface area contributed by atoms with Crippen molar-refractivity contribution in [2.24, 2.45) is 0 Å². The summed E-state index contributed by atoms with van der Waals surface area (Å²) >= 11 is 0. The van der Waals surface area contributed by atoms with Gasteiger partial charge in [-0.05, 0) is 65.7 Å². The van der Waals surface area contributed by atoms with E-state index in [-0.39, 0.29) is 12.1 Å². The van der Waals surface area contributed by atoms with Gasteiger partial charge in [0.05, 0.1) is 23.5 Å². The molecule has 5 heteroatoms. The second kappa shape index (κ2) is 11.7. The second-order valence-corrected chi connectivity index (χ2v) is 10.6. The molecular weight excluding hydrogens is 514 g/mol. The van der Waals surface area contributed by atoms with Gasteiger partial charge in [0, 0.05) is 59.1 Å². The number of pyridine rings is 3. The number of nitrogens with zero attached hydrogens (tertiary/aromatic N) is 3. The van der Waals surface area contributed by atoms with Gasteiger partial charge in [0.2, 0.25) is 0 Å². The third kappa shape index (κ3) is 5.50. The Labute approximate surface area is 246 Å². The Bertz CT molecular complexity index is 1670. The van der Waals surface area contributed by atoms with Gasteiger partial charge >= 0.3 is 0 Å². The molecule has 4 heterocycles. The van der Waals surface area contributed by atoms with Crippen LogP contribution >= 0.6 is 0 Å². The van der Waals surface area contributed by atoms with Crippen LogP contribution in [0.1, 0.15) is 34.7 Å². The molecule has 0 fully saturated rings. The standard InChI is InChI=1S/C37H31N5/c1-3-17-32-30(15-1)26-11-9-12-27(23-26)36(24-28-13-5-7-21-38-28)41-33-18-4-2-16-31(33)34-19-10-20-35(40-34)37(42-32)25-29-14-6-8-22-39-29/h1-23,36-37,41-42H,24-25H2. The molecule has 2 unspecified atom stereocenters. The first-order valence-corrected chi connectivity index (χ1v) is 14.4. The zero-order valence-corrected chi connectivity index (χ0v) is 23.2. The monoisotopic (exact) mass is 545 g/mol. The third-order valence-corrected chi connectivity index (χ3v) is 7.80. The van der Waals surface area contributed by atoms with Crippen molar-refractivity contribution >= 4 is 11.4 Å². The number of aromatic nitrogens is 3. The van der Waals surface area contributed by atoms with Crippen molar-refractivity contribution < 1.29 is 0 Å². The van der Waals surface area contributed by atoms with Gasteiger partial charge < -0.3 is 10.6 Å². The molecule has 0 radical (unpaired) electrons. The normalized spacial score (nSPS) is 15.7. The molecule has 42 heavy (non-hydrogen) atoms. The fourth-order valence-corrected chi connectivity index (χ4v) is 5.72. The van der Waals surface area contributed by atoms with Crippen LogP contribution < -0.4 is 10.6 Å². The van der Waals surface area contributed by atoms with E-state index < -0.39 is 0 Å². The van der Waals surface area contributed by atoms with Crippen LogP contribution in [0.2, 0.25) is 0 Å². The summed E-state index contributed by atoms with van der Waals surface area (Å²) in [4.78, 5) is 14.5. The number of hydrogen-bond acceptors (Lipinski definition) is 5. The molecule has 0 saturated heterocycles. The molecule has 0 amide bonds. The molecule has 0 spiro atoms. The zero-order valence-electron chi connectivity index (χ0n) is 23.2. The van der Waals surface area contributed by atoms with Crippen LogP contribution in [0.5, 0.6) is 0 Å². The molecule has 0 saturated carbocycles. The van der Waals surface area contributed by atoms with E-state index in [1.807, 2.05) is 30.6 Å². The minimum atomic E-state index is -0.0795. The maximum Gasteiger partial charge on any atom is 0.0741 e. The lowest BCUT2D eigenvalue weighted by Crippen LogP contribution is -2.18. The number of anilines is 2. The number of hydrogen-bond donors (Lipinski definition) is 2. The number of nitrogens with one attached hydrogen (secondary N) is 2. The Kier molecular flexibility index (Phi) is 7.13. The summed E-state index contributed by atoms with van der Waals surface area (Å²) in [6.45, 7) is 0. The van der Waals surface area contributed by atoms with E-state index in [2.05, 4.69) is 130 Å². The molecule has 0 aliphatic carbocycles. The highest BCUT2D eigenvalue weighted by Gasteiger charge is 2.21. The second-order valence-electron chi connectivity index (χ2n) is 10.6. The lowest BCUT2D eigenvalue weighted by atomic mass is 9.94. The molecule has 5 nitrogen and oxygen atoms in total. The summed E-state index contributed by atoms with van der Waals surface area (Å²) < 4.78 is 0. The third-order valence-electron chi connectivity index (χ3n) is 7.80. The van der Waals surface area contributed by atoms with Crippen molar-refractivity contribution in [3.63, 3.8) is 0 Å². The molecule has 6 aromatic rings. The number of benzene rings is 3. The van der Waals surface area contributed by atoms with E-state index in [1.165, 1.54) is 5.56 Å². The van der Waals surface area contributed by atoms with E-state index in [1.54, 1.807) is 0 Å². The first-order valence-electron chi connectivity index (χ1n) is 14.4. The Balaban J connectivity index is 1.41. The summed E-state index contributed by atoms with van der Waals surface area (Å²) in [6, 6.07) is 44.2. The van der Waals surface area contributed by atoms with Gasteiger partial charge in [0.25, 0.3) is 0 Å². The van der Waals surface area contributed by atoms with Gasteiger partial charge in [-0.1, -0.05) is 72.8 Å². The van der Waals surface area contributed by atoms with Gasteiger partial charge in [0.15, 0.2) is 0 Å². The van der Waals surface area contributed by atoms with Crippen molar-refractivity contribution in [3.05, 3.63) is 162 Å². The van der Waals surface area contributed by atoms with Gasteiger partial charge in [-0.2, -0.15) is 0 Å². The van der Waals surface area contributed by atoms with Crippen LogP contribution in [0, 0.1) is 0 Å². The van der Waals surface area contributed by atoms with E-state index in [0.29, 0.717) is 6.42 Å². The van der Waals surface area contributed by atoms with Gasteiger partial charge in [-0.3, -0.25) is 15.0 Å². The maximum atomic E-state index is 5.25. The summed E-state index contributed by atoms with van der Waals surface area (Å²) in [5, 5.41) is 7.75. The minimum absolute atomic E-state index is 0.00384. The number of fused-ring (bicyclic) bond motifs is 8. The van der Waals surface area contributed by atoms with E-state index in [4.69, 9.17) is 4.98 Å². The minimum Gasteiger partial charge on any atom is -0.377 e. The summed E-state index contributed by atoms with van der Waals surface area (Å²) in [6.07, 6.45) is 5.17. The smallest absolute Gasteiger partial charge is 0.0741 e.